The Balaban J connectivity index is 2.65. The van der Waals surface area contributed by atoms with Gasteiger partial charge in [0.25, 0.3) is 0 Å². The van der Waals surface area contributed by atoms with Crippen LogP contribution in [0.15, 0.2) is 36.4 Å². The van der Waals surface area contributed by atoms with E-state index >= 15 is 0 Å². The van der Waals surface area contributed by atoms with Gasteiger partial charge in [0, 0.05) is 11.0 Å². The first-order valence-electron chi connectivity index (χ1n) is 5.88. The summed E-state index contributed by atoms with van der Waals surface area (Å²) in [5, 5.41) is 38.6. The van der Waals surface area contributed by atoms with Crippen molar-refractivity contribution in [3.8, 4) is 23.0 Å². The normalized spacial score (nSPS) is 11.5. The Bertz CT molecular complexity index is 603. The molecule has 0 amide bonds. The maximum atomic E-state index is 9.98. The average Bonchev–Trinajstić information content (AvgIpc) is 2.41. The fraction of sp³-hybridized carbons (Fsp3) is 0.200. The Labute approximate surface area is 111 Å². The van der Waals surface area contributed by atoms with Gasteiger partial charge >= 0.3 is 0 Å². The lowest BCUT2D eigenvalue weighted by Gasteiger charge is -2.27. The Kier molecular flexibility index (Phi) is 3.02. The van der Waals surface area contributed by atoms with E-state index in [0.717, 1.165) is 5.56 Å². The van der Waals surface area contributed by atoms with E-state index in [1.54, 1.807) is 0 Å². The smallest absolute Gasteiger partial charge is 0.204 e. The molecule has 0 aliphatic rings. The number of hydrogen-bond acceptors (Lipinski definition) is 4. The number of phenols is 4. The summed E-state index contributed by atoms with van der Waals surface area (Å²) in [6.45, 7) is 3.71. The molecule has 4 N–H and O–H groups in total. The molecule has 0 heterocycles. The first-order chi connectivity index (χ1) is 8.85. The van der Waals surface area contributed by atoms with E-state index < -0.39 is 28.4 Å². The topological polar surface area (TPSA) is 80.9 Å². The maximum Gasteiger partial charge on any atom is 0.204 e. The van der Waals surface area contributed by atoms with Crippen molar-refractivity contribution < 1.29 is 20.4 Å². The third kappa shape index (κ3) is 2.05. The molecule has 0 fully saturated rings. The largest absolute Gasteiger partial charge is 0.504 e. The van der Waals surface area contributed by atoms with Crippen LogP contribution in [0.3, 0.4) is 0 Å². The monoisotopic (exact) mass is 260 g/mol. The highest BCUT2D eigenvalue weighted by atomic mass is 16.3. The molecule has 0 saturated heterocycles. The van der Waals surface area contributed by atoms with Crippen molar-refractivity contribution in [3.05, 3.63) is 47.5 Å². The summed E-state index contributed by atoms with van der Waals surface area (Å²) in [7, 11) is 0. The van der Waals surface area contributed by atoms with Gasteiger partial charge in [0.2, 0.25) is 11.5 Å². The lowest BCUT2D eigenvalue weighted by molar-refractivity contribution is 0.339. The van der Waals surface area contributed by atoms with Crippen LogP contribution < -0.4 is 0 Å². The van der Waals surface area contributed by atoms with Crippen molar-refractivity contribution >= 4 is 0 Å². The summed E-state index contributed by atoms with van der Waals surface area (Å²) in [6.07, 6.45) is 0. The van der Waals surface area contributed by atoms with Crippen molar-refractivity contribution in [1.82, 2.24) is 0 Å². The van der Waals surface area contributed by atoms with Crippen LogP contribution in [0.1, 0.15) is 25.0 Å². The van der Waals surface area contributed by atoms with Gasteiger partial charge in [-0.2, -0.15) is 0 Å². The zero-order chi connectivity index (χ0) is 14.2. The molecular weight excluding hydrogens is 244 g/mol. The van der Waals surface area contributed by atoms with Crippen LogP contribution in [0.25, 0.3) is 0 Å². The molecule has 19 heavy (non-hydrogen) atoms. The van der Waals surface area contributed by atoms with Crippen molar-refractivity contribution in [1.29, 1.82) is 0 Å². The van der Waals surface area contributed by atoms with Gasteiger partial charge in [-0.3, -0.25) is 0 Å². The van der Waals surface area contributed by atoms with Crippen LogP contribution in [-0.4, -0.2) is 20.4 Å². The fourth-order valence-electron chi connectivity index (χ4n) is 2.12. The summed E-state index contributed by atoms with van der Waals surface area (Å²) in [4.78, 5) is 0. The standard InChI is InChI=1S/C15H16O4/c1-15(2,9-6-4-3-5-7-9)10-8-11(16)13(18)14(19)12(10)17/h3-8,16-19H,1-2H3. The fourth-order valence-corrected chi connectivity index (χ4v) is 2.12. The van der Waals surface area contributed by atoms with E-state index in [4.69, 9.17) is 0 Å². The van der Waals surface area contributed by atoms with E-state index in [0.29, 0.717) is 5.56 Å². The van der Waals surface area contributed by atoms with E-state index in [9.17, 15) is 20.4 Å². The van der Waals surface area contributed by atoms with Crippen molar-refractivity contribution in [2.45, 2.75) is 19.3 Å². The van der Waals surface area contributed by atoms with Gasteiger partial charge in [0.05, 0.1) is 0 Å². The van der Waals surface area contributed by atoms with E-state index in [-0.39, 0.29) is 0 Å². The molecular formula is C15H16O4. The lowest BCUT2D eigenvalue weighted by Crippen LogP contribution is -2.18. The maximum absolute atomic E-state index is 9.98. The highest BCUT2D eigenvalue weighted by Crippen LogP contribution is 2.49. The lowest BCUT2D eigenvalue weighted by atomic mass is 9.77. The first-order valence-corrected chi connectivity index (χ1v) is 5.88. The first kappa shape index (κ1) is 13.1. The minimum absolute atomic E-state index is 0.339. The second-order valence-corrected chi connectivity index (χ2v) is 4.98. The summed E-state index contributed by atoms with van der Waals surface area (Å²) < 4.78 is 0. The van der Waals surface area contributed by atoms with Crippen LogP contribution in [0, 0.1) is 0 Å². The zero-order valence-corrected chi connectivity index (χ0v) is 10.8. The van der Waals surface area contributed by atoms with Gasteiger partial charge in [0.1, 0.15) is 0 Å². The molecule has 0 unspecified atom stereocenters. The van der Waals surface area contributed by atoms with Crippen LogP contribution in [0.4, 0.5) is 0 Å². The van der Waals surface area contributed by atoms with Crippen molar-refractivity contribution in [3.63, 3.8) is 0 Å². The molecule has 2 aromatic rings. The predicted molar refractivity (Wildman–Crippen MR) is 71.7 cm³/mol. The summed E-state index contributed by atoms with van der Waals surface area (Å²) in [5.41, 5.74) is 0.620. The molecule has 4 nitrogen and oxygen atoms in total. The van der Waals surface area contributed by atoms with Gasteiger partial charge in [-0.05, 0) is 11.6 Å². The third-order valence-electron chi connectivity index (χ3n) is 3.40. The van der Waals surface area contributed by atoms with Crippen LogP contribution in [0.2, 0.25) is 0 Å². The summed E-state index contributed by atoms with van der Waals surface area (Å²) in [5.74, 6) is -2.32. The van der Waals surface area contributed by atoms with E-state index in [1.165, 1.54) is 6.07 Å². The molecule has 0 aliphatic heterocycles. The van der Waals surface area contributed by atoms with E-state index in [1.807, 2.05) is 44.2 Å². The average molecular weight is 260 g/mol. The molecule has 0 spiro atoms. The predicted octanol–water partition coefficient (Wildman–Crippen LogP) is 2.83. The van der Waals surface area contributed by atoms with E-state index in [2.05, 4.69) is 0 Å². The quantitative estimate of drug-likeness (QED) is 0.494. The van der Waals surface area contributed by atoms with Crippen molar-refractivity contribution in [2.24, 2.45) is 0 Å². The molecule has 0 atom stereocenters. The molecule has 0 radical (unpaired) electrons. The molecule has 0 bridgehead atoms. The minimum atomic E-state index is -0.717. The number of rotatable bonds is 2. The molecule has 4 heteroatoms. The molecule has 0 saturated carbocycles. The van der Waals surface area contributed by atoms with Crippen LogP contribution in [-0.2, 0) is 5.41 Å². The molecule has 2 aromatic carbocycles. The van der Waals surface area contributed by atoms with Gasteiger partial charge in [-0.25, -0.2) is 0 Å². The van der Waals surface area contributed by atoms with Crippen LogP contribution in [0.5, 0.6) is 23.0 Å². The Morgan fingerprint density at radius 3 is 1.95 bits per heavy atom. The van der Waals surface area contributed by atoms with Gasteiger partial charge in [0.15, 0.2) is 11.5 Å². The Hall–Kier alpha value is -2.36. The third-order valence-corrected chi connectivity index (χ3v) is 3.40. The second kappa shape index (κ2) is 4.39. The molecule has 2 rings (SSSR count). The summed E-state index contributed by atoms with van der Waals surface area (Å²) in [6, 6.07) is 10.7. The van der Waals surface area contributed by atoms with Gasteiger partial charge < -0.3 is 20.4 Å². The SMILES string of the molecule is CC(C)(c1ccccc1)c1cc(O)c(O)c(O)c1O. The molecule has 0 aliphatic carbocycles. The number of phenolic OH excluding ortho intramolecular Hbond substituents is 4. The minimum Gasteiger partial charge on any atom is -0.504 e. The number of hydrogen-bond donors (Lipinski definition) is 4. The summed E-state index contributed by atoms with van der Waals surface area (Å²) >= 11 is 0. The van der Waals surface area contributed by atoms with Crippen LogP contribution >= 0.6 is 0 Å². The zero-order valence-electron chi connectivity index (χ0n) is 10.8. The van der Waals surface area contributed by atoms with Gasteiger partial charge in [-0.1, -0.05) is 44.2 Å². The van der Waals surface area contributed by atoms with Crippen molar-refractivity contribution in [2.75, 3.05) is 0 Å². The highest BCUT2D eigenvalue weighted by Gasteiger charge is 2.30. The number of aromatic hydroxyl groups is 4. The number of benzene rings is 2. The highest BCUT2D eigenvalue weighted by molar-refractivity contribution is 5.63. The Morgan fingerprint density at radius 1 is 0.789 bits per heavy atom. The molecule has 100 valence electrons. The molecule has 0 aromatic heterocycles. The Morgan fingerprint density at radius 2 is 1.37 bits per heavy atom. The second-order valence-electron chi connectivity index (χ2n) is 4.98. The van der Waals surface area contributed by atoms with Gasteiger partial charge in [-0.15, -0.1) is 0 Å².